The highest BCUT2D eigenvalue weighted by Crippen LogP contribution is 2.43. The number of hydrogen-bond acceptors (Lipinski definition) is 2. The predicted molar refractivity (Wildman–Crippen MR) is 74.3 cm³/mol. The van der Waals surface area contributed by atoms with E-state index >= 15 is 0 Å². The van der Waals surface area contributed by atoms with Gasteiger partial charge in [-0.05, 0) is 45.4 Å². The molecule has 1 aliphatic rings. The second-order valence-corrected chi connectivity index (χ2v) is 7.65. The van der Waals surface area contributed by atoms with E-state index in [1.54, 1.807) is 0 Å². The molecule has 0 radical (unpaired) electrons. The quantitative estimate of drug-likeness (QED) is 0.733. The Labute approximate surface area is 108 Å². The summed E-state index contributed by atoms with van der Waals surface area (Å²) >= 11 is 0. The topological polar surface area (TPSA) is 12.5 Å². The molecule has 1 saturated heterocycles. The van der Waals surface area contributed by atoms with Crippen molar-refractivity contribution in [3.05, 3.63) is 0 Å². The zero-order chi connectivity index (χ0) is 13.4. The lowest BCUT2D eigenvalue weighted by atomic mass is 9.82. The van der Waals surface area contributed by atoms with Crippen LogP contribution in [0.25, 0.3) is 0 Å². The summed E-state index contributed by atoms with van der Waals surface area (Å²) in [6.07, 6.45) is 1.26. The molecule has 1 rings (SSSR count). The molecule has 2 heteroatoms. The number of rotatable bonds is 2. The third-order valence-electron chi connectivity index (χ3n) is 4.14. The molecular weight excluding hydrogens is 210 g/mol. The van der Waals surface area contributed by atoms with Crippen LogP contribution >= 0.6 is 0 Å². The van der Waals surface area contributed by atoms with Gasteiger partial charge in [-0.1, -0.05) is 20.8 Å². The van der Waals surface area contributed by atoms with Gasteiger partial charge in [0.2, 0.25) is 0 Å². The monoisotopic (exact) mass is 241 g/mol. The molecule has 17 heavy (non-hydrogen) atoms. The number of nitrogens with zero attached hydrogens (tertiary/aromatic N) is 1. The van der Waals surface area contributed by atoms with Crippen LogP contribution in [-0.2, 0) is 4.74 Å². The summed E-state index contributed by atoms with van der Waals surface area (Å²) in [5, 5.41) is 0. The molecule has 0 aromatic carbocycles. The largest absolute Gasteiger partial charge is 0.384 e. The van der Waals surface area contributed by atoms with Crippen LogP contribution in [0.3, 0.4) is 0 Å². The number of methoxy groups -OCH3 is 1. The van der Waals surface area contributed by atoms with E-state index in [2.05, 4.69) is 53.4 Å². The van der Waals surface area contributed by atoms with Gasteiger partial charge in [0, 0.05) is 24.7 Å². The average molecular weight is 241 g/mol. The molecule has 0 aromatic rings. The van der Waals surface area contributed by atoms with Crippen LogP contribution in [0.15, 0.2) is 0 Å². The molecule has 1 unspecified atom stereocenters. The molecule has 102 valence electrons. The molecule has 1 aliphatic heterocycles. The first-order valence-corrected chi connectivity index (χ1v) is 6.86. The molecule has 2 nitrogen and oxygen atoms in total. The smallest absolute Gasteiger partial charge is 0.0505 e. The lowest BCUT2D eigenvalue weighted by molar-refractivity contribution is 0.0237. The molecule has 0 amide bonds. The van der Waals surface area contributed by atoms with Crippen LogP contribution in [0.5, 0.6) is 0 Å². The molecule has 3 atom stereocenters. The van der Waals surface area contributed by atoms with Gasteiger partial charge in [0.15, 0.2) is 0 Å². The predicted octanol–water partition coefficient (Wildman–Crippen LogP) is 3.56. The van der Waals surface area contributed by atoms with E-state index in [9.17, 15) is 0 Å². The van der Waals surface area contributed by atoms with Gasteiger partial charge in [0.25, 0.3) is 0 Å². The minimum absolute atomic E-state index is 0.236. The van der Waals surface area contributed by atoms with Crippen LogP contribution in [0, 0.1) is 11.3 Å². The maximum absolute atomic E-state index is 5.39. The van der Waals surface area contributed by atoms with Crippen molar-refractivity contribution in [2.75, 3.05) is 13.7 Å². The van der Waals surface area contributed by atoms with Crippen molar-refractivity contribution < 1.29 is 4.74 Å². The highest BCUT2D eigenvalue weighted by molar-refractivity contribution is 5.01. The number of likely N-dealkylation sites (tertiary alicyclic amines) is 1. The Hall–Kier alpha value is -0.0800. The zero-order valence-electron chi connectivity index (χ0n) is 13.0. The zero-order valence-corrected chi connectivity index (χ0v) is 13.0. The second-order valence-electron chi connectivity index (χ2n) is 7.65. The second kappa shape index (κ2) is 4.89. The van der Waals surface area contributed by atoms with E-state index in [0.717, 1.165) is 6.61 Å². The van der Waals surface area contributed by atoms with Crippen molar-refractivity contribution >= 4 is 0 Å². The summed E-state index contributed by atoms with van der Waals surface area (Å²) in [7, 11) is 1.82. The van der Waals surface area contributed by atoms with Gasteiger partial charge in [0.05, 0.1) is 6.61 Å². The molecular formula is C15H31NO. The van der Waals surface area contributed by atoms with Gasteiger partial charge in [-0.25, -0.2) is 0 Å². The van der Waals surface area contributed by atoms with Crippen LogP contribution in [0.1, 0.15) is 54.9 Å². The van der Waals surface area contributed by atoms with Crippen LogP contribution in [-0.4, -0.2) is 36.2 Å². The van der Waals surface area contributed by atoms with Crippen molar-refractivity contribution in [2.45, 2.75) is 72.5 Å². The van der Waals surface area contributed by atoms with Crippen molar-refractivity contribution in [1.29, 1.82) is 0 Å². The van der Waals surface area contributed by atoms with Crippen LogP contribution < -0.4 is 0 Å². The average Bonchev–Trinajstić information content (AvgIpc) is 2.43. The molecule has 1 fully saturated rings. The molecule has 0 spiro atoms. The summed E-state index contributed by atoms with van der Waals surface area (Å²) < 4.78 is 5.39. The minimum Gasteiger partial charge on any atom is -0.384 e. The fourth-order valence-electron chi connectivity index (χ4n) is 3.38. The van der Waals surface area contributed by atoms with Crippen LogP contribution in [0.4, 0.5) is 0 Å². The highest BCUT2D eigenvalue weighted by atomic mass is 16.5. The molecule has 0 bridgehead atoms. The number of hydrogen-bond donors (Lipinski definition) is 0. The summed E-state index contributed by atoms with van der Waals surface area (Å²) in [5.41, 5.74) is 0.573. The first kappa shape index (κ1) is 15.0. The van der Waals surface area contributed by atoms with Gasteiger partial charge in [-0.2, -0.15) is 0 Å². The Balaban J connectivity index is 2.96. The van der Waals surface area contributed by atoms with E-state index in [1.165, 1.54) is 6.42 Å². The third kappa shape index (κ3) is 3.23. The minimum atomic E-state index is 0.236. The van der Waals surface area contributed by atoms with E-state index in [-0.39, 0.29) is 5.54 Å². The van der Waals surface area contributed by atoms with Crippen molar-refractivity contribution in [3.8, 4) is 0 Å². The molecule has 0 N–H and O–H groups in total. The van der Waals surface area contributed by atoms with Gasteiger partial charge < -0.3 is 4.74 Å². The fraction of sp³-hybridized carbons (Fsp3) is 1.00. The van der Waals surface area contributed by atoms with E-state index < -0.39 is 0 Å². The summed E-state index contributed by atoms with van der Waals surface area (Å²) in [4.78, 5) is 2.71. The SMILES string of the molecule is COC[C@H]1CC(C(C)(C)C)N(C(C)(C)C)[C@@H]1C. The van der Waals surface area contributed by atoms with E-state index in [4.69, 9.17) is 4.74 Å². The summed E-state index contributed by atoms with van der Waals surface area (Å²) in [6, 6.07) is 1.26. The maximum Gasteiger partial charge on any atom is 0.0505 e. The lowest BCUT2D eigenvalue weighted by Gasteiger charge is -2.45. The first-order chi connectivity index (χ1) is 7.59. The Morgan fingerprint density at radius 2 is 1.65 bits per heavy atom. The summed E-state index contributed by atoms with van der Waals surface area (Å²) in [6.45, 7) is 17.3. The third-order valence-corrected chi connectivity index (χ3v) is 4.14. The van der Waals surface area contributed by atoms with Gasteiger partial charge in [0.1, 0.15) is 0 Å². The van der Waals surface area contributed by atoms with Crippen LogP contribution in [0.2, 0.25) is 0 Å². The summed E-state index contributed by atoms with van der Waals surface area (Å²) in [5.74, 6) is 0.670. The van der Waals surface area contributed by atoms with E-state index in [1.807, 2.05) is 7.11 Å². The van der Waals surface area contributed by atoms with Gasteiger partial charge in [-0.3, -0.25) is 4.90 Å². The number of ether oxygens (including phenoxy) is 1. The van der Waals surface area contributed by atoms with Crippen molar-refractivity contribution in [2.24, 2.45) is 11.3 Å². The first-order valence-electron chi connectivity index (χ1n) is 6.86. The molecule has 0 saturated carbocycles. The Morgan fingerprint density at radius 1 is 1.12 bits per heavy atom. The van der Waals surface area contributed by atoms with Gasteiger partial charge in [-0.15, -0.1) is 0 Å². The normalized spacial score (nSPS) is 32.1. The Bertz CT molecular complexity index is 249. The standard InChI is InChI=1S/C15H31NO/c1-11-12(10-17-8)9-13(14(2,3)4)16(11)15(5,6)7/h11-13H,9-10H2,1-8H3/t11-,12-,13?/m1/s1. The molecule has 0 aliphatic carbocycles. The van der Waals surface area contributed by atoms with E-state index in [0.29, 0.717) is 23.4 Å². The Morgan fingerprint density at radius 3 is 1.94 bits per heavy atom. The maximum atomic E-state index is 5.39. The fourth-order valence-corrected chi connectivity index (χ4v) is 3.38. The molecule has 0 aromatic heterocycles. The molecule has 1 heterocycles. The highest BCUT2D eigenvalue weighted by Gasteiger charge is 2.47. The van der Waals surface area contributed by atoms with Crippen molar-refractivity contribution in [1.82, 2.24) is 4.90 Å². The Kier molecular flexibility index (Phi) is 4.31. The van der Waals surface area contributed by atoms with Gasteiger partial charge >= 0.3 is 0 Å². The van der Waals surface area contributed by atoms with Crippen molar-refractivity contribution in [3.63, 3.8) is 0 Å². The lowest BCUT2D eigenvalue weighted by Crippen LogP contribution is -2.52.